The summed E-state index contributed by atoms with van der Waals surface area (Å²) in [6, 6.07) is 26.3. The quantitative estimate of drug-likeness (QED) is 0.0568. The number of H-pyrrole nitrogens is 2. The number of hydrogen-bond donors (Lipinski definition) is 3. The van der Waals surface area contributed by atoms with E-state index in [2.05, 4.69) is 15.3 Å². The van der Waals surface area contributed by atoms with Gasteiger partial charge in [0.2, 0.25) is 12.4 Å². The van der Waals surface area contributed by atoms with Gasteiger partial charge in [-0.25, -0.2) is 14.4 Å². The maximum atomic E-state index is 14.0. The third-order valence-corrected chi connectivity index (χ3v) is 11.4. The molecule has 15 heteroatoms. The number of para-hydroxylation sites is 2. The molecule has 0 spiro atoms. The summed E-state index contributed by atoms with van der Waals surface area (Å²) in [5.74, 6) is -1.21. The molecule has 65 heavy (non-hydrogen) atoms. The second kappa shape index (κ2) is 18.0. The summed E-state index contributed by atoms with van der Waals surface area (Å²) in [5, 5.41) is 4.61. The van der Waals surface area contributed by atoms with Crippen molar-refractivity contribution in [2.24, 2.45) is 0 Å². The fourth-order valence-electron chi connectivity index (χ4n) is 8.16. The van der Waals surface area contributed by atoms with E-state index in [1.807, 2.05) is 68.5 Å². The molecule has 1 aliphatic heterocycles. The topological polar surface area (TPSA) is 190 Å². The molecule has 0 unspecified atom stereocenters. The molecule has 0 saturated carbocycles. The molecular formula is C50H49N3O12. The monoisotopic (exact) mass is 883 g/mol. The number of rotatable bonds is 13. The average molecular weight is 884 g/mol. The molecule has 1 amide bonds. The highest BCUT2D eigenvalue weighted by molar-refractivity contribution is 6.07. The normalized spacial score (nSPS) is 18.0. The molecule has 8 rings (SSSR count). The van der Waals surface area contributed by atoms with Crippen molar-refractivity contribution in [1.29, 1.82) is 0 Å². The third-order valence-electron chi connectivity index (χ3n) is 11.4. The first kappa shape index (κ1) is 44.3. The molecule has 0 aliphatic carbocycles. The Kier molecular flexibility index (Phi) is 12.3. The van der Waals surface area contributed by atoms with Gasteiger partial charge in [-0.05, 0) is 101 Å². The predicted molar refractivity (Wildman–Crippen MR) is 243 cm³/mol. The number of amides is 1. The molecular weight excluding hydrogens is 835 g/mol. The van der Waals surface area contributed by atoms with E-state index in [0.29, 0.717) is 34.2 Å². The lowest BCUT2D eigenvalue weighted by molar-refractivity contribution is -0.304. The van der Waals surface area contributed by atoms with Crippen LogP contribution >= 0.6 is 0 Å². The van der Waals surface area contributed by atoms with Gasteiger partial charge >= 0.3 is 17.6 Å². The zero-order valence-electron chi connectivity index (χ0n) is 37.2. The first-order valence-electron chi connectivity index (χ1n) is 20.9. The zero-order chi connectivity index (χ0) is 46.2. The van der Waals surface area contributed by atoms with E-state index in [1.165, 1.54) is 14.2 Å². The van der Waals surface area contributed by atoms with E-state index in [1.54, 1.807) is 70.3 Å². The number of aromatic nitrogens is 2. The van der Waals surface area contributed by atoms with Crippen molar-refractivity contribution in [3.05, 3.63) is 141 Å². The molecule has 4 aromatic carbocycles. The van der Waals surface area contributed by atoms with Gasteiger partial charge in [0, 0.05) is 40.0 Å². The minimum Gasteiger partial charge on any atom is -0.496 e. The number of fused-ring (bicyclic) bond motifs is 3. The summed E-state index contributed by atoms with van der Waals surface area (Å²) in [7, 11) is 4.38. The highest BCUT2D eigenvalue weighted by Gasteiger charge is 2.56. The Morgan fingerprint density at radius 1 is 0.785 bits per heavy atom. The van der Waals surface area contributed by atoms with Crippen molar-refractivity contribution in [1.82, 2.24) is 9.97 Å². The SMILES string of the molecule is COc1ccc(C(=O)Nc2c(OC)c3ccc(O[C@@H]4OC(C)(C)[C@H](OC)[C@@H](OC(=O)c5cc6ccccc6[nH]5)[C@H]4OC(=O)c4cc5ccccc5[nH]4)c(C)c3oc2=O)cc1CC=C(C)C. The minimum absolute atomic E-state index is 0.0598. The molecule has 4 atom stereocenters. The molecule has 1 saturated heterocycles. The largest absolute Gasteiger partial charge is 0.496 e. The van der Waals surface area contributed by atoms with E-state index in [4.69, 9.17) is 37.6 Å². The Morgan fingerprint density at radius 2 is 1.40 bits per heavy atom. The molecule has 4 heterocycles. The lowest BCUT2D eigenvalue weighted by atomic mass is 9.89. The Morgan fingerprint density at radius 3 is 1.98 bits per heavy atom. The number of hydrogen-bond acceptors (Lipinski definition) is 12. The molecule has 0 radical (unpaired) electrons. The number of esters is 2. The van der Waals surface area contributed by atoms with Crippen LogP contribution in [0.3, 0.4) is 0 Å². The summed E-state index contributed by atoms with van der Waals surface area (Å²) in [6.07, 6.45) is -2.52. The van der Waals surface area contributed by atoms with E-state index >= 15 is 0 Å². The van der Waals surface area contributed by atoms with Crippen LogP contribution in [-0.4, -0.2) is 79.3 Å². The molecule has 336 valence electrons. The number of carbonyl (C=O) groups excluding carboxylic acids is 3. The van der Waals surface area contributed by atoms with E-state index < -0.39 is 53.7 Å². The maximum Gasteiger partial charge on any atom is 0.364 e. The van der Waals surface area contributed by atoms with E-state index in [0.717, 1.165) is 27.4 Å². The van der Waals surface area contributed by atoms with Crippen molar-refractivity contribution < 1.29 is 52.0 Å². The molecule has 7 aromatic rings. The first-order valence-corrected chi connectivity index (χ1v) is 20.9. The second-order valence-electron chi connectivity index (χ2n) is 16.5. The highest BCUT2D eigenvalue weighted by atomic mass is 16.7. The number of carbonyl (C=O) groups is 3. The first-order chi connectivity index (χ1) is 31.2. The van der Waals surface area contributed by atoms with Crippen LogP contribution in [0.25, 0.3) is 32.8 Å². The van der Waals surface area contributed by atoms with Crippen molar-refractivity contribution in [2.45, 2.75) is 71.2 Å². The summed E-state index contributed by atoms with van der Waals surface area (Å²) in [5.41, 5.74) is 2.09. The predicted octanol–water partition coefficient (Wildman–Crippen LogP) is 8.82. The smallest absolute Gasteiger partial charge is 0.364 e. The molecule has 3 aromatic heterocycles. The van der Waals surface area contributed by atoms with Crippen LogP contribution in [0.2, 0.25) is 0 Å². The molecule has 15 nitrogen and oxygen atoms in total. The van der Waals surface area contributed by atoms with Gasteiger partial charge in [-0.1, -0.05) is 48.0 Å². The van der Waals surface area contributed by atoms with Crippen molar-refractivity contribution in [3.63, 3.8) is 0 Å². The van der Waals surface area contributed by atoms with Gasteiger partial charge in [-0.3, -0.25) is 4.79 Å². The second-order valence-corrected chi connectivity index (χ2v) is 16.5. The third kappa shape index (κ3) is 8.80. The fourth-order valence-corrected chi connectivity index (χ4v) is 8.16. The van der Waals surface area contributed by atoms with Gasteiger partial charge in [0.05, 0.1) is 25.2 Å². The lowest BCUT2D eigenvalue weighted by Crippen LogP contribution is -2.66. The van der Waals surface area contributed by atoms with Crippen LogP contribution in [-0.2, 0) is 25.4 Å². The molecule has 1 aliphatic rings. The minimum atomic E-state index is -1.42. The Labute approximate surface area is 373 Å². The lowest BCUT2D eigenvalue weighted by Gasteiger charge is -2.48. The summed E-state index contributed by atoms with van der Waals surface area (Å²) in [4.78, 5) is 61.6. The summed E-state index contributed by atoms with van der Waals surface area (Å²) >= 11 is 0. The van der Waals surface area contributed by atoms with Gasteiger partial charge in [0.1, 0.15) is 34.6 Å². The maximum absolute atomic E-state index is 14.0. The van der Waals surface area contributed by atoms with Crippen LogP contribution in [0.4, 0.5) is 5.69 Å². The van der Waals surface area contributed by atoms with Crippen molar-refractivity contribution in [2.75, 3.05) is 26.6 Å². The molecule has 3 N–H and O–H groups in total. The number of benzene rings is 4. The fraction of sp³-hybridized carbons (Fsp3) is 0.280. The number of allylic oxidation sites excluding steroid dienone is 2. The van der Waals surface area contributed by atoms with Crippen LogP contribution in [0, 0.1) is 6.92 Å². The molecule has 1 fully saturated rings. The van der Waals surface area contributed by atoms with Crippen LogP contribution in [0.15, 0.2) is 112 Å². The zero-order valence-corrected chi connectivity index (χ0v) is 37.2. The number of aryl methyl sites for hydroxylation is 1. The van der Waals surface area contributed by atoms with Gasteiger partial charge in [0.15, 0.2) is 17.5 Å². The number of methoxy groups -OCH3 is 3. The van der Waals surface area contributed by atoms with Gasteiger partial charge < -0.3 is 52.9 Å². The van der Waals surface area contributed by atoms with Crippen LogP contribution in [0.5, 0.6) is 17.2 Å². The Hall–Kier alpha value is -7.36. The van der Waals surface area contributed by atoms with Gasteiger partial charge in [-0.15, -0.1) is 0 Å². The van der Waals surface area contributed by atoms with Crippen LogP contribution in [0.1, 0.15) is 70.2 Å². The number of anilines is 1. The van der Waals surface area contributed by atoms with Crippen molar-refractivity contribution >= 4 is 56.3 Å². The summed E-state index contributed by atoms with van der Waals surface area (Å²) in [6.45, 7) is 9.10. The number of nitrogens with one attached hydrogen (secondary N) is 3. The van der Waals surface area contributed by atoms with Crippen LogP contribution < -0.4 is 25.2 Å². The Balaban J connectivity index is 1.14. The van der Waals surface area contributed by atoms with Crippen molar-refractivity contribution in [3.8, 4) is 17.2 Å². The van der Waals surface area contributed by atoms with E-state index in [9.17, 15) is 19.2 Å². The average Bonchev–Trinajstić information content (AvgIpc) is 3.93. The highest BCUT2D eigenvalue weighted by Crippen LogP contribution is 2.40. The standard InChI is InChI=1S/C50H49N3O12/c1-26(2)17-18-30-23-31(19-21-38(30)58-6)45(54)53-39-41(59-7)32-20-22-37(27(3)40(32)62-48(39)57)61-49-43(64-47(56)36-25-29-14-10-12-16-34(29)52-36)42(44(60-8)50(4,5)65-49)63-46(55)35-24-28-13-9-11-15-33(28)51-35/h9-17,19-25,42-44,49,51-52H,18H2,1-8H3,(H,53,54)/t42-,43+,44+,49+/m0/s1. The molecule has 0 bridgehead atoms. The number of aromatic amines is 2. The van der Waals surface area contributed by atoms with Gasteiger partial charge in [0.25, 0.3) is 5.91 Å². The summed E-state index contributed by atoms with van der Waals surface area (Å²) < 4.78 is 48.6. The van der Waals surface area contributed by atoms with E-state index in [-0.39, 0.29) is 34.2 Å². The Bertz CT molecular complexity index is 2980. The van der Waals surface area contributed by atoms with Gasteiger partial charge in [-0.2, -0.15) is 0 Å². The number of ether oxygens (including phenoxy) is 7.